The van der Waals surface area contributed by atoms with E-state index in [1.54, 1.807) is 19.2 Å². The van der Waals surface area contributed by atoms with Gasteiger partial charge in [-0.05, 0) is 60.7 Å². The first kappa shape index (κ1) is 19.9. The van der Waals surface area contributed by atoms with Crippen molar-refractivity contribution in [2.75, 3.05) is 13.7 Å². The number of halogens is 1. The van der Waals surface area contributed by atoms with E-state index in [4.69, 9.17) is 4.74 Å². The number of carbonyl (C=O) groups is 1. The largest absolute Gasteiger partial charge is 0.497 e. The summed E-state index contributed by atoms with van der Waals surface area (Å²) in [6.07, 6.45) is 6.38. The van der Waals surface area contributed by atoms with Gasteiger partial charge < -0.3 is 19.9 Å². The number of aromatic nitrogens is 1. The molecule has 31 heavy (non-hydrogen) atoms. The van der Waals surface area contributed by atoms with Gasteiger partial charge in [-0.1, -0.05) is 31.4 Å². The third-order valence-electron chi connectivity index (χ3n) is 6.71. The molecule has 1 aromatic heterocycles. The molecule has 2 heterocycles. The fraction of sp³-hybridized carbons (Fsp3) is 0.400. The van der Waals surface area contributed by atoms with Crippen LogP contribution >= 0.6 is 0 Å². The van der Waals surface area contributed by atoms with Crippen LogP contribution in [0, 0.1) is 5.82 Å². The number of benzene rings is 2. The number of aromatic amines is 1. The lowest BCUT2D eigenvalue weighted by atomic mass is 9.92. The molecule has 2 aromatic carbocycles. The summed E-state index contributed by atoms with van der Waals surface area (Å²) in [5.74, 6) is 0.532. The van der Waals surface area contributed by atoms with Gasteiger partial charge in [0.05, 0.1) is 13.2 Å². The Morgan fingerprint density at radius 3 is 2.65 bits per heavy atom. The smallest absolute Gasteiger partial charge is 0.318 e. The summed E-state index contributed by atoms with van der Waals surface area (Å²) in [6, 6.07) is 12.7. The number of rotatable bonds is 3. The quantitative estimate of drug-likeness (QED) is 0.603. The zero-order valence-electron chi connectivity index (χ0n) is 17.8. The van der Waals surface area contributed by atoms with Crippen molar-refractivity contribution in [3.05, 3.63) is 65.1 Å². The predicted octanol–water partition coefficient (Wildman–Crippen LogP) is 5.31. The Kier molecular flexibility index (Phi) is 5.30. The van der Waals surface area contributed by atoms with Gasteiger partial charge in [-0.15, -0.1) is 0 Å². The summed E-state index contributed by atoms with van der Waals surface area (Å²) in [6.45, 7) is 0.589. The molecule has 5 nitrogen and oxygen atoms in total. The Bertz CT molecular complexity index is 1090. The first-order valence-electron chi connectivity index (χ1n) is 11.1. The van der Waals surface area contributed by atoms with Gasteiger partial charge in [0.25, 0.3) is 0 Å². The van der Waals surface area contributed by atoms with Gasteiger partial charge in [-0.2, -0.15) is 0 Å². The van der Waals surface area contributed by atoms with Crippen molar-refractivity contribution in [3.63, 3.8) is 0 Å². The van der Waals surface area contributed by atoms with Crippen molar-refractivity contribution in [2.24, 2.45) is 0 Å². The molecule has 1 fully saturated rings. The van der Waals surface area contributed by atoms with Crippen LogP contribution in [0.25, 0.3) is 10.9 Å². The number of H-pyrrole nitrogens is 1. The molecule has 6 heteroatoms. The summed E-state index contributed by atoms with van der Waals surface area (Å²) in [7, 11) is 1.64. The molecule has 2 amide bonds. The average Bonchev–Trinajstić information content (AvgIpc) is 3.17. The minimum atomic E-state index is -0.256. The predicted molar refractivity (Wildman–Crippen MR) is 119 cm³/mol. The monoisotopic (exact) mass is 421 g/mol. The van der Waals surface area contributed by atoms with E-state index < -0.39 is 0 Å². The summed E-state index contributed by atoms with van der Waals surface area (Å²) >= 11 is 0. The molecule has 1 unspecified atom stereocenters. The molecule has 0 saturated heterocycles. The van der Waals surface area contributed by atoms with Crippen LogP contribution in [0.4, 0.5) is 9.18 Å². The third kappa shape index (κ3) is 3.75. The molecule has 2 aliphatic rings. The first-order valence-corrected chi connectivity index (χ1v) is 11.1. The molecule has 3 aromatic rings. The van der Waals surface area contributed by atoms with E-state index in [2.05, 4.69) is 10.3 Å². The highest BCUT2D eigenvalue weighted by atomic mass is 19.1. The van der Waals surface area contributed by atoms with E-state index in [1.807, 2.05) is 29.2 Å². The Morgan fingerprint density at radius 1 is 1.13 bits per heavy atom. The van der Waals surface area contributed by atoms with E-state index in [-0.39, 0.29) is 23.9 Å². The fourth-order valence-electron chi connectivity index (χ4n) is 5.12. The minimum Gasteiger partial charge on any atom is -0.497 e. The van der Waals surface area contributed by atoms with Crippen molar-refractivity contribution in [2.45, 2.75) is 50.6 Å². The van der Waals surface area contributed by atoms with Gasteiger partial charge in [0.1, 0.15) is 11.6 Å². The lowest BCUT2D eigenvalue weighted by molar-refractivity contribution is 0.172. The summed E-state index contributed by atoms with van der Waals surface area (Å²) in [4.78, 5) is 18.8. The Hall–Kier alpha value is -3.02. The molecule has 1 atom stereocenters. The maximum absolute atomic E-state index is 14.0. The molecule has 5 rings (SSSR count). The van der Waals surface area contributed by atoms with Crippen LogP contribution < -0.4 is 10.1 Å². The highest BCUT2D eigenvalue weighted by Gasteiger charge is 2.35. The zero-order valence-corrected chi connectivity index (χ0v) is 17.8. The second-order valence-corrected chi connectivity index (χ2v) is 8.61. The normalized spacial score (nSPS) is 19.3. The number of ether oxygens (including phenoxy) is 1. The van der Waals surface area contributed by atoms with Crippen LogP contribution in [-0.2, 0) is 6.42 Å². The van der Waals surface area contributed by atoms with Crippen LogP contribution in [0.2, 0.25) is 0 Å². The van der Waals surface area contributed by atoms with Crippen LogP contribution in [0.1, 0.15) is 55.0 Å². The van der Waals surface area contributed by atoms with E-state index in [9.17, 15) is 9.18 Å². The van der Waals surface area contributed by atoms with Crippen LogP contribution in [-0.4, -0.2) is 35.6 Å². The van der Waals surface area contributed by atoms with E-state index in [1.165, 1.54) is 25.3 Å². The molecular formula is C25H28FN3O2. The van der Waals surface area contributed by atoms with Crippen molar-refractivity contribution < 1.29 is 13.9 Å². The third-order valence-corrected chi connectivity index (χ3v) is 6.71. The summed E-state index contributed by atoms with van der Waals surface area (Å²) < 4.78 is 19.3. The molecular weight excluding hydrogens is 393 g/mol. The van der Waals surface area contributed by atoms with Crippen molar-refractivity contribution in [1.82, 2.24) is 15.2 Å². The van der Waals surface area contributed by atoms with Gasteiger partial charge in [0.2, 0.25) is 0 Å². The number of amides is 2. The standard InChI is InChI=1S/C25H28FN3O2/c1-31-19-10-7-16(8-11-19)24-23-20(21-15-17(26)9-12-22(21)28-23)13-14-29(24)25(30)27-18-5-3-2-4-6-18/h7-12,15,18,24,28H,2-6,13-14H2,1H3,(H,27,30). The molecule has 0 radical (unpaired) electrons. The number of urea groups is 1. The number of nitrogens with zero attached hydrogens (tertiary/aromatic N) is 1. The van der Waals surface area contributed by atoms with E-state index in [0.29, 0.717) is 13.0 Å². The highest BCUT2D eigenvalue weighted by Crippen LogP contribution is 2.39. The SMILES string of the molecule is COc1ccc(C2c3[nH]c4ccc(F)cc4c3CCN2C(=O)NC2CCCCC2)cc1. The van der Waals surface area contributed by atoms with Crippen LogP contribution in [0.5, 0.6) is 5.75 Å². The average molecular weight is 422 g/mol. The van der Waals surface area contributed by atoms with Gasteiger partial charge in [-0.3, -0.25) is 0 Å². The Morgan fingerprint density at radius 2 is 1.90 bits per heavy atom. The highest BCUT2D eigenvalue weighted by molar-refractivity contribution is 5.86. The van der Waals surface area contributed by atoms with E-state index in [0.717, 1.165) is 46.3 Å². The van der Waals surface area contributed by atoms with Gasteiger partial charge >= 0.3 is 6.03 Å². The Labute approximate surface area is 181 Å². The number of hydrogen-bond donors (Lipinski definition) is 2. The lowest BCUT2D eigenvalue weighted by Gasteiger charge is -2.37. The van der Waals surface area contributed by atoms with Gasteiger partial charge in [0.15, 0.2) is 0 Å². The number of hydrogen-bond acceptors (Lipinski definition) is 2. The first-order chi connectivity index (χ1) is 15.1. The maximum atomic E-state index is 14.0. The van der Waals surface area contributed by atoms with Crippen molar-refractivity contribution >= 4 is 16.9 Å². The topological polar surface area (TPSA) is 57.4 Å². The lowest BCUT2D eigenvalue weighted by Crippen LogP contribution is -2.49. The summed E-state index contributed by atoms with van der Waals surface area (Å²) in [5.41, 5.74) is 3.97. The number of nitrogens with one attached hydrogen (secondary N) is 2. The number of methoxy groups -OCH3 is 1. The molecule has 0 spiro atoms. The maximum Gasteiger partial charge on any atom is 0.318 e. The molecule has 162 valence electrons. The van der Waals surface area contributed by atoms with Gasteiger partial charge in [-0.25, -0.2) is 9.18 Å². The fourth-order valence-corrected chi connectivity index (χ4v) is 5.12. The van der Waals surface area contributed by atoms with Crippen molar-refractivity contribution in [3.8, 4) is 5.75 Å². The van der Waals surface area contributed by atoms with Crippen molar-refractivity contribution in [1.29, 1.82) is 0 Å². The molecule has 2 N–H and O–H groups in total. The molecule has 1 saturated carbocycles. The Balaban J connectivity index is 1.54. The minimum absolute atomic E-state index is 0.0248. The molecule has 1 aliphatic heterocycles. The van der Waals surface area contributed by atoms with Gasteiger partial charge in [0, 0.05) is 29.2 Å². The molecule has 0 bridgehead atoms. The zero-order chi connectivity index (χ0) is 21.4. The second kappa shape index (κ2) is 8.25. The van der Waals surface area contributed by atoms with E-state index >= 15 is 0 Å². The molecule has 1 aliphatic carbocycles. The van der Waals surface area contributed by atoms with Crippen LogP contribution in [0.15, 0.2) is 42.5 Å². The second-order valence-electron chi connectivity index (χ2n) is 8.61. The number of fused-ring (bicyclic) bond motifs is 3. The number of carbonyl (C=O) groups excluding carboxylic acids is 1. The summed E-state index contributed by atoms with van der Waals surface area (Å²) in [5, 5.41) is 4.18. The van der Waals surface area contributed by atoms with Crippen LogP contribution in [0.3, 0.4) is 0 Å².